The van der Waals surface area contributed by atoms with Gasteiger partial charge in [-0.2, -0.15) is 8.42 Å². The molecular weight excluding hydrogens is 441 g/mol. The van der Waals surface area contributed by atoms with Crippen molar-refractivity contribution in [3.05, 3.63) is 0 Å². The van der Waals surface area contributed by atoms with E-state index in [4.69, 9.17) is 14.4 Å². The molecule has 15 heteroatoms. The molecule has 5 N–H and O–H groups in total. The molecule has 1 rings (SSSR count). The predicted octanol–water partition coefficient (Wildman–Crippen LogP) is -2.57. The first-order valence-corrected chi connectivity index (χ1v) is 11.0. The van der Waals surface area contributed by atoms with Crippen molar-refractivity contribution in [1.82, 2.24) is 0 Å². The molecule has 0 aromatic heterocycles. The first-order chi connectivity index (χ1) is 11.5. The monoisotopic (exact) mass is 462 g/mol. The minimum atomic E-state index is -4.84. The molecule has 1 aliphatic heterocycles. The van der Waals surface area contributed by atoms with Crippen LogP contribution in [-0.4, -0.2) is 143 Å². The van der Waals surface area contributed by atoms with Crippen LogP contribution >= 0.6 is 11.8 Å². The standard InChI is InChI=1S/C11H21NO10S3.K/c1-24(17)4-2-3-7(12-22-25(18,19)20)23-11-10(16)9(15)8(14)6(5-13)21-11;/h6,8-11,13-16H,2-5H2,1H3,(H,18,19,20);/b12-7+;/t6-,8-,9+,10-,11+,24?;/m1./s1. The summed E-state index contributed by atoms with van der Waals surface area (Å²) in [6.45, 7) is -0.620. The zero-order valence-corrected chi connectivity index (χ0v) is 19.7. The largest absolute Gasteiger partial charge is 0.466 e. The van der Waals surface area contributed by atoms with Crippen molar-refractivity contribution in [2.24, 2.45) is 5.16 Å². The summed E-state index contributed by atoms with van der Waals surface area (Å²) in [5.74, 6) is 0.292. The maximum Gasteiger partial charge on any atom is 0.466 e. The summed E-state index contributed by atoms with van der Waals surface area (Å²) in [5, 5.41) is 41.8. The van der Waals surface area contributed by atoms with E-state index in [0.717, 1.165) is 0 Å². The quantitative estimate of drug-likeness (QED) is 0.0840. The van der Waals surface area contributed by atoms with Crippen molar-refractivity contribution in [3.8, 4) is 0 Å². The first-order valence-electron chi connectivity index (χ1n) is 7.05. The summed E-state index contributed by atoms with van der Waals surface area (Å²) >= 11 is 0.687. The maximum absolute atomic E-state index is 11.1. The van der Waals surface area contributed by atoms with Crippen LogP contribution in [-0.2, 0) is 30.2 Å². The van der Waals surface area contributed by atoms with Crippen molar-refractivity contribution in [1.29, 1.82) is 0 Å². The van der Waals surface area contributed by atoms with Crippen LogP contribution < -0.4 is 0 Å². The van der Waals surface area contributed by atoms with E-state index in [0.29, 0.717) is 23.9 Å². The molecule has 1 aliphatic rings. The number of aliphatic hydroxyl groups is 4. The Labute approximate surface area is 200 Å². The van der Waals surface area contributed by atoms with Gasteiger partial charge in [0.05, 0.1) is 6.61 Å². The second-order valence-corrected chi connectivity index (χ2v) is 8.91. The number of hydrogen-bond acceptors (Lipinski definition) is 11. The van der Waals surface area contributed by atoms with E-state index in [1.807, 2.05) is 0 Å². The van der Waals surface area contributed by atoms with Gasteiger partial charge < -0.3 is 25.2 Å². The van der Waals surface area contributed by atoms with Gasteiger partial charge in [-0.3, -0.25) is 8.76 Å². The Morgan fingerprint density at radius 2 is 1.88 bits per heavy atom. The number of thioether (sulfide) groups is 1. The van der Waals surface area contributed by atoms with Gasteiger partial charge in [-0.15, -0.1) is 0 Å². The van der Waals surface area contributed by atoms with Crippen molar-refractivity contribution in [2.45, 2.75) is 42.7 Å². The Kier molecular flexibility index (Phi) is 13.4. The molecule has 1 fully saturated rings. The van der Waals surface area contributed by atoms with Crippen LogP contribution in [0.15, 0.2) is 5.16 Å². The summed E-state index contributed by atoms with van der Waals surface area (Å²) in [4.78, 5) is 0. The molecule has 1 unspecified atom stereocenters. The smallest absolute Gasteiger partial charge is 0.394 e. The van der Waals surface area contributed by atoms with E-state index >= 15 is 0 Å². The van der Waals surface area contributed by atoms with Crippen LogP contribution in [0.5, 0.6) is 0 Å². The maximum atomic E-state index is 11.1. The molecule has 0 spiro atoms. The Hall–Kier alpha value is 1.32. The van der Waals surface area contributed by atoms with Crippen LogP contribution in [0.1, 0.15) is 12.8 Å². The SMILES string of the molecule is CS(=O)CCC/C(=N\OS(=O)(=O)O)S[C@@H]1O[C@H](CO)[C@@H](O)[C@H](O)[C@H]1O.[K]. The van der Waals surface area contributed by atoms with Gasteiger partial charge in [0.2, 0.25) is 0 Å². The van der Waals surface area contributed by atoms with E-state index < -0.39 is 57.7 Å². The topological polar surface area (TPSA) is 183 Å². The van der Waals surface area contributed by atoms with Gasteiger partial charge in [0.15, 0.2) is 0 Å². The van der Waals surface area contributed by atoms with Gasteiger partial charge in [0.1, 0.15) is 34.9 Å². The fraction of sp³-hybridized carbons (Fsp3) is 0.909. The van der Waals surface area contributed by atoms with E-state index in [1.165, 1.54) is 6.26 Å². The molecule has 0 amide bonds. The Balaban J connectivity index is 0.00000625. The van der Waals surface area contributed by atoms with Gasteiger partial charge in [-0.1, -0.05) is 16.9 Å². The Bertz CT molecular complexity index is 587. The molecule has 11 nitrogen and oxygen atoms in total. The number of ether oxygens (including phenoxy) is 1. The van der Waals surface area contributed by atoms with E-state index in [-0.39, 0.29) is 62.8 Å². The molecule has 1 radical (unpaired) electrons. The number of nitrogens with zero attached hydrogens (tertiary/aromatic N) is 1. The zero-order valence-electron chi connectivity index (χ0n) is 14.2. The predicted molar refractivity (Wildman–Crippen MR) is 95.3 cm³/mol. The second kappa shape index (κ2) is 12.8. The third-order valence-corrected chi connectivity index (χ3v) is 5.46. The fourth-order valence-corrected chi connectivity index (χ4v) is 3.83. The van der Waals surface area contributed by atoms with Crippen LogP contribution in [0.25, 0.3) is 0 Å². The van der Waals surface area contributed by atoms with Gasteiger partial charge in [-0.05, 0) is 6.42 Å². The van der Waals surface area contributed by atoms with Crippen LogP contribution in [0.2, 0.25) is 0 Å². The summed E-state index contributed by atoms with van der Waals surface area (Å²) in [5.41, 5.74) is -1.19. The molecule has 1 heterocycles. The molecule has 0 aromatic carbocycles. The normalized spacial score (nSPS) is 31.2. The van der Waals surface area contributed by atoms with Crippen molar-refractivity contribution < 1.29 is 46.6 Å². The number of rotatable bonds is 8. The van der Waals surface area contributed by atoms with Gasteiger partial charge in [-0.25, -0.2) is 4.28 Å². The third kappa shape index (κ3) is 9.68. The molecule has 0 saturated carbocycles. The molecule has 149 valence electrons. The third-order valence-electron chi connectivity index (χ3n) is 3.16. The van der Waals surface area contributed by atoms with Gasteiger partial charge >= 0.3 is 10.4 Å². The minimum absolute atomic E-state index is 0. The van der Waals surface area contributed by atoms with Gasteiger partial charge in [0, 0.05) is 80.6 Å². The molecule has 0 aromatic rings. The number of aliphatic hydroxyl groups excluding tert-OH is 4. The van der Waals surface area contributed by atoms with E-state index in [9.17, 15) is 27.9 Å². The first kappa shape index (κ1) is 27.3. The summed E-state index contributed by atoms with van der Waals surface area (Å²) in [6, 6.07) is 0. The molecular formula is C11H21KNO10S3. The zero-order chi connectivity index (χ0) is 19.2. The Morgan fingerprint density at radius 3 is 2.38 bits per heavy atom. The summed E-state index contributed by atoms with van der Waals surface area (Å²) < 4.78 is 50.2. The van der Waals surface area contributed by atoms with Crippen molar-refractivity contribution in [2.75, 3.05) is 18.6 Å². The van der Waals surface area contributed by atoms with Crippen molar-refractivity contribution >= 4 is 89.4 Å². The second-order valence-electron chi connectivity index (χ2n) is 5.18. The molecule has 26 heavy (non-hydrogen) atoms. The van der Waals surface area contributed by atoms with Gasteiger partial charge in [0.25, 0.3) is 0 Å². The molecule has 6 atom stereocenters. The number of hydrogen-bond donors (Lipinski definition) is 5. The molecule has 0 bridgehead atoms. The molecule has 1 saturated heterocycles. The van der Waals surface area contributed by atoms with E-state index in [2.05, 4.69) is 9.44 Å². The fourth-order valence-electron chi connectivity index (χ4n) is 1.94. The number of oxime groups is 1. The average Bonchev–Trinajstić information content (AvgIpc) is 2.51. The minimum Gasteiger partial charge on any atom is -0.394 e. The van der Waals surface area contributed by atoms with Crippen molar-refractivity contribution in [3.63, 3.8) is 0 Å². The van der Waals surface area contributed by atoms with Crippen LogP contribution in [0, 0.1) is 0 Å². The molecule has 0 aliphatic carbocycles. The summed E-state index contributed by atoms with van der Waals surface area (Å²) in [6.07, 6.45) is -3.92. The Morgan fingerprint density at radius 1 is 1.27 bits per heavy atom. The average molecular weight is 463 g/mol. The van der Waals surface area contributed by atoms with Crippen LogP contribution in [0.4, 0.5) is 0 Å². The summed E-state index contributed by atoms with van der Waals surface area (Å²) in [7, 11) is -5.94. The van der Waals surface area contributed by atoms with Crippen LogP contribution in [0.3, 0.4) is 0 Å². The van der Waals surface area contributed by atoms with E-state index in [1.54, 1.807) is 0 Å².